The molecule has 25 heavy (non-hydrogen) atoms. The number of carbonyl (C=O) groups excluding carboxylic acids is 1. The van der Waals surface area contributed by atoms with Gasteiger partial charge in [-0.3, -0.25) is 4.79 Å². The maximum Gasteiger partial charge on any atom is 0.259 e. The minimum absolute atomic E-state index is 0.0490. The first-order chi connectivity index (χ1) is 11.9. The van der Waals surface area contributed by atoms with Crippen molar-refractivity contribution in [3.05, 3.63) is 53.8 Å². The summed E-state index contributed by atoms with van der Waals surface area (Å²) >= 11 is 0. The van der Waals surface area contributed by atoms with Crippen LogP contribution in [0.1, 0.15) is 31.7 Å². The number of amidine groups is 1. The number of allylic oxidation sites excluding steroid dienone is 2. The number of benzene rings is 1. The molecule has 6 nitrogen and oxygen atoms in total. The molecule has 0 unspecified atom stereocenters. The molecule has 0 bridgehead atoms. The van der Waals surface area contributed by atoms with Crippen LogP contribution >= 0.6 is 0 Å². The molecule has 3 rings (SSSR count). The normalized spacial score (nSPS) is 19.5. The lowest BCUT2D eigenvalue weighted by atomic mass is 9.96. The Hall–Kier alpha value is -2.41. The zero-order valence-electron chi connectivity index (χ0n) is 14.3. The van der Waals surface area contributed by atoms with E-state index in [1.54, 1.807) is 23.3 Å². The summed E-state index contributed by atoms with van der Waals surface area (Å²) in [6, 6.07) is 7.66. The second-order valence-corrected chi connectivity index (χ2v) is 7.92. The minimum atomic E-state index is -3.53. The van der Waals surface area contributed by atoms with Crippen molar-refractivity contribution < 1.29 is 13.2 Å². The van der Waals surface area contributed by atoms with Crippen LogP contribution in [-0.4, -0.2) is 37.4 Å². The van der Waals surface area contributed by atoms with Crippen LogP contribution in [0.25, 0.3) is 0 Å². The Bertz CT molecular complexity index is 885. The van der Waals surface area contributed by atoms with Crippen LogP contribution in [0, 0.1) is 0 Å². The van der Waals surface area contributed by atoms with Gasteiger partial charge in [0.15, 0.2) is 5.84 Å². The molecule has 0 radical (unpaired) electrons. The third-order valence-corrected chi connectivity index (χ3v) is 5.60. The van der Waals surface area contributed by atoms with Crippen LogP contribution in [0.5, 0.6) is 0 Å². The van der Waals surface area contributed by atoms with Crippen molar-refractivity contribution in [2.45, 2.75) is 26.2 Å². The van der Waals surface area contributed by atoms with E-state index in [4.69, 9.17) is 0 Å². The molecule has 1 aromatic rings. The average Bonchev–Trinajstić information content (AvgIpc) is 2.60. The fourth-order valence-electron chi connectivity index (χ4n) is 2.84. The Morgan fingerprint density at radius 1 is 1.36 bits per heavy atom. The van der Waals surface area contributed by atoms with E-state index < -0.39 is 10.0 Å². The predicted octanol–water partition coefficient (Wildman–Crippen LogP) is 2.64. The lowest BCUT2D eigenvalue weighted by molar-refractivity contribution is -0.112. The molecule has 0 fully saturated rings. The van der Waals surface area contributed by atoms with Crippen molar-refractivity contribution in [1.29, 1.82) is 0 Å². The number of hydrogen-bond donors (Lipinski definition) is 1. The Labute approximate surface area is 148 Å². The topological polar surface area (TPSA) is 78.8 Å². The van der Waals surface area contributed by atoms with Gasteiger partial charge in [0.25, 0.3) is 15.9 Å². The van der Waals surface area contributed by atoms with Crippen LogP contribution in [-0.2, 0) is 14.8 Å². The van der Waals surface area contributed by atoms with E-state index in [0.29, 0.717) is 12.5 Å². The Kier molecular flexibility index (Phi) is 4.76. The summed E-state index contributed by atoms with van der Waals surface area (Å²) in [5.74, 6) is 0.0842. The highest BCUT2D eigenvalue weighted by molar-refractivity contribution is 7.90. The van der Waals surface area contributed by atoms with E-state index in [9.17, 15) is 13.2 Å². The number of carbonyl (C=O) groups is 1. The SMILES string of the molecule is CC[C@@H](C)c1ccccc1NC(=O)C1=CC=CN2CCS(=O)(=O)N=C12. The summed E-state index contributed by atoms with van der Waals surface area (Å²) in [6.07, 6.45) is 6.01. The molecule has 132 valence electrons. The van der Waals surface area contributed by atoms with Gasteiger partial charge >= 0.3 is 0 Å². The van der Waals surface area contributed by atoms with Gasteiger partial charge in [0.2, 0.25) is 0 Å². The Morgan fingerprint density at radius 3 is 2.88 bits per heavy atom. The molecule has 2 heterocycles. The lowest BCUT2D eigenvalue weighted by Crippen LogP contribution is -2.40. The zero-order valence-corrected chi connectivity index (χ0v) is 15.1. The van der Waals surface area contributed by atoms with E-state index in [0.717, 1.165) is 17.7 Å². The predicted molar refractivity (Wildman–Crippen MR) is 98.9 cm³/mol. The summed E-state index contributed by atoms with van der Waals surface area (Å²) in [6.45, 7) is 4.50. The number of fused-ring (bicyclic) bond motifs is 1. The van der Waals surface area contributed by atoms with Gasteiger partial charge in [-0.15, -0.1) is 4.40 Å². The number of anilines is 1. The maximum absolute atomic E-state index is 12.8. The first-order valence-corrected chi connectivity index (χ1v) is 9.90. The van der Waals surface area contributed by atoms with Gasteiger partial charge in [-0.05, 0) is 36.1 Å². The molecule has 1 aromatic carbocycles. The molecule has 0 saturated carbocycles. The average molecular weight is 359 g/mol. The lowest BCUT2D eigenvalue weighted by Gasteiger charge is -2.28. The molecular formula is C18H21N3O3S. The van der Waals surface area contributed by atoms with Crippen molar-refractivity contribution >= 4 is 27.5 Å². The van der Waals surface area contributed by atoms with Crippen LogP contribution in [0.3, 0.4) is 0 Å². The van der Waals surface area contributed by atoms with E-state index in [2.05, 4.69) is 23.6 Å². The van der Waals surface area contributed by atoms with E-state index >= 15 is 0 Å². The summed E-state index contributed by atoms with van der Waals surface area (Å²) in [5, 5.41) is 2.91. The van der Waals surface area contributed by atoms with Crippen molar-refractivity contribution in [3.8, 4) is 0 Å². The van der Waals surface area contributed by atoms with Crippen molar-refractivity contribution in [1.82, 2.24) is 4.90 Å². The quantitative estimate of drug-likeness (QED) is 0.896. The first-order valence-electron chi connectivity index (χ1n) is 8.29. The van der Waals surface area contributed by atoms with Gasteiger partial charge in [-0.2, -0.15) is 0 Å². The summed E-state index contributed by atoms with van der Waals surface area (Å²) in [5.41, 5.74) is 2.05. The van der Waals surface area contributed by atoms with Gasteiger partial charge in [0.05, 0.1) is 11.3 Å². The minimum Gasteiger partial charge on any atom is -0.331 e. The van der Waals surface area contributed by atoms with Crippen molar-refractivity contribution in [2.24, 2.45) is 4.40 Å². The maximum atomic E-state index is 12.8. The van der Waals surface area contributed by atoms with Crippen LogP contribution < -0.4 is 5.32 Å². The van der Waals surface area contributed by atoms with Crippen LogP contribution in [0.2, 0.25) is 0 Å². The Balaban J connectivity index is 1.91. The van der Waals surface area contributed by atoms with Crippen molar-refractivity contribution in [2.75, 3.05) is 17.6 Å². The molecular weight excluding hydrogens is 338 g/mol. The van der Waals surface area contributed by atoms with E-state index in [1.807, 2.05) is 24.3 Å². The fourth-order valence-corrected chi connectivity index (χ4v) is 3.83. The number of nitrogens with one attached hydrogen (secondary N) is 1. The number of sulfonamides is 1. The Morgan fingerprint density at radius 2 is 2.12 bits per heavy atom. The number of nitrogens with zero attached hydrogens (tertiary/aromatic N) is 2. The third-order valence-electron chi connectivity index (χ3n) is 4.45. The second kappa shape index (κ2) is 6.84. The molecule has 0 saturated heterocycles. The molecule has 1 amide bonds. The third kappa shape index (κ3) is 3.66. The monoisotopic (exact) mass is 359 g/mol. The number of rotatable bonds is 4. The summed E-state index contributed by atoms with van der Waals surface area (Å²) in [4.78, 5) is 14.5. The van der Waals surface area contributed by atoms with Crippen molar-refractivity contribution in [3.63, 3.8) is 0 Å². The van der Waals surface area contributed by atoms with Gasteiger partial charge in [-0.25, -0.2) is 8.42 Å². The highest BCUT2D eigenvalue weighted by atomic mass is 32.2. The second-order valence-electron chi connectivity index (χ2n) is 6.17. The van der Waals surface area contributed by atoms with Crippen LogP contribution in [0.15, 0.2) is 52.6 Å². The standard InChI is InChI=1S/C18H21N3O3S/c1-3-13(2)14-7-4-5-9-16(14)19-18(22)15-8-6-10-21-11-12-25(23,24)20-17(15)21/h4-10,13H,3,11-12H2,1-2H3,(H,19,22)/t13-/m1/s1. The molecule has 0 aromatic heterocycles. The van der Waals surface area contributed by atoms with Crippen LogP contribution in [0.4, 0.5) is 5.69 Å². The molecule has 2 aliphatic heterocycles. The highest BCUT2D eigenvalue weighted by Gasteiger charge is 2.30. The molecule has 1 N–H and O–H groups in total. The summed E-state index contributed by atoms with van der Waals surface area (Å²) in [7, 11) is -3.53. The summed E-state index contributed by atoms with van der Waals surface area (Å²) < 4.78 is 27.4. The largest absolute Gasteiger partial charge is 0.331 e. The van der Waals surface area contributed by atoms with E-state index in [1.165, 1.54) is 0 Å². The van der Waals surface area contributed by atoms with Gasteiger partial charge < -0.3 is 10.2 Å². The van der Waals surface area contributed by atoms with Gasteiger partial charge in [0, 0.05) is 18.4 Å². The van der Waals surface area contributed by atoms with Gasteiger partial charge in [0.1, 0.15) is 0 Å². The zero-order chi connectivity index (χ0) is 18.0. The first kappa shape index (κ1) is 17.4. The molecule has 1 atom stereocenters. The fraction of sp³-hybridized carbons (Fsp3) is 0.333. The molecule has 7 heteroatoms. The number of amides is 1. The number of para-hydroxylation sites is 1. The smallest absolute Gasteiger partial charge is 0.259 e. The van der Waals surface area contributed by atoms with E-state index in [-0.39, 0.29) is 23.1 Å². The highest BCUT2D eigenvalue weighted by Crippen LogP contribution is 2.27. The molecule has 2 aliphatic rings. The van der Waals surface area contributed by atoms with Gasteiger partial charge in [-0.1, -0.05) is 32.0 Å². The molecule has 0 aliphatic carbocycles. The number of hydrogen-bond acceptors (Lipinski definition) is 4. The molecule has 0 spiro atoms.